The first-order chi connectivity index (χ1) is 9.60. The van der Waals surface area contributed by atoms with Crippen molar-refractivity contribution in [2.45, 2.75) is 31.2 Å². The lowest BCUT2D eigenvalue weighted by molar-refractivity contribution is -0.122. The molecule has 1 rings (SSSR count). The predicted molar refractivity (Wildman–Crippen MR) is 78.7 cm³/mol. The highest BCUT2D eigenvalue weighted by Crippen LogP contribution is 2.17. The van der Waals surface area contributed by atoms with Gasteiger partial charge in [0.2, 0.25) is 15.9 Å². The van der Waals surface area contributed by atoms with E-state index in [4.69, 9.17) is 10.8 Å². The zero-order valence-electron chi connectivity index (χ0n) is 12.1. The number of carbonyl (C=O) groups is 1. The van der Waals surface area contributed by atoms with Crippen molar-refractivity contribution in [1.29, 1.82) is 0 Å². The lowest BCUT2D eigenvalue weighted by Crippen LogP contribution is -2.52. The van der Waals surface area contributed by atoms with Gasteiger partial charge in [0.15, 0.2) is 0 Å². The molecule has 1 amide bonds. The maximum atomic E-state index is 12.2. The number of rotatable bonds is 4. The predicted octanol–water partition coefficient (Wildman–Crippen LogP) is -0.119. The Hall–Kier alpha value is -1.88. The molecule has 0 heterocycles. The number of aliphatic hydroxyl groups is 1. The van der Waals surface area contributed by atoms with Gasteiger partial charge in [0.25, 0.3) is 0 Å². The summed E-state index contributed by atoms with van der Waals surface area (Å²) in [5.41, 5.74) is 5.04. The largest absolute Gasteiger partial charge is 0.384 e. The van der Waals surface area contributed by atoms with Crippen molar-refractivity contribution in [3.63, 3.8) is 0 Å². The van der Waals surface area contributed by atoms with Gasteiger partial charge in [-0.1, -0.05) is 11.8 Å². The lowest BCUT2D eigenvalue weighted by Gasteiger charge is -2.22. The van der Waals surface area contributed by atoms with E-state index in [1.807, 2.05) is 0 Å². The summed E-state index contributed by atoms with van der Waals surface area (Å²) >= 11 is 0. The monoisotopic (exact) mass is 310 g/mol. The molecule has 0 radical (unpaired) electrons. The molecule has 7 heteroatoms. The molecule has 0 bridgehead atoms. The number of nitrogens with two attached hydrogens (primary N) is 1. The number of nitrogens with one attached hydrogen (secondary N) is 1. The number of primary amides is 1. The van der Waals surface area contributed by atoms with Crippen molar-refractivity contribution < 1.29 is 18.3 Å². The molecule has 0 aromatic heterocycles. The Bertz CT molecular complexity index is 712. The normalized spacial score (nSPS) is 11.6. The first kappa shape index (κ1) is 17.2. The second-order valence-electron chi connectivity index (χ2n) is 5.03. The maximum Gasteiger partial charge on any atom is 0.241 e. The zero-order chi connectivity index (χ0) is 16.3. The van der Waals surface area contributed by atoms with E-state index in [-0.39, 0.29) is 11.5 Å². The van der Waals surface area contributed by atoms with Gasteiger partial charge in [0.1, 0.15) is 12.1 Å². The van der Waals surface area contributed by atoms with E-state index in [1.165, 1.54) is 26.0 Å². The summed E-state index contributed by atoms with van der Waals surface area (Å²) in [7, 11) is -3.87. The molecule has 0 unspecified atom stereocenters. The van der Waals surface area contributed by atoms with Crippen LogP contribution in [0.4, 0.5) is 0 Å². The van der Waals surface area contributed by atoms with E-state index in [0.717, 1.165) is 0 Å². The van der Waals surface area contributed by atoms with Gasteiger partial charge >= 0.3 is 0 Å². The van der Waals surface area contributed by atoms with Gasteiger partial charge in [-0.25, -0.2) is 8.42 Å². The van der Waals surface area contributed by atoms with E-state index in [9.17, 15) is 13.2 Å². The first-order valence-electron chi connectivity index (χ1n) is 6.14. The van der Waals surface area contributed by atoms with Gasteiger partial charge in [0.05, 0.1) is 4.90 Å². The highest BCUT2D eigenvalue weighted by Gasteiger charge is 2.31. The molecule has 1 aromatic rings. The van der Waals surface area contributed by atoms with Crippen LogP contribution in [0.25, 0.3) is 0 Å². The van der Waals surface area contributed by atoms with Crippen LogP contribution in [0.15, 0.2) is 23.1 Å². The Labute approximate surface area is 124 Å². The second-order valence-corrected chi connectivity index (χ2v) is 6.71. The van der Waals surface area contributed by atoms with Gasteiger partial charge in [0, 0.05) is 5.56 Å². The van der Waals surface area contributed by atoms with Crippen molar-refractivity contribution >= 4 is 15.9 Å². The molecule has 0 fully saturated rings. The van der Waals surface area contributed by atoms with Gasteiger partial charge in [-0.3, -0.25) is 4.79 Å². The topological polar surface area (TPSA) is 109 Å². The van der Waals surface area contributed by atoms with Crippen LogP contribution in [0.2, 0.25) is 0 Å². The van der Waals surface area contributed by atoms with Crippen LogP contribution < -0.4 is 10.5 Å². The van der Waals surface area contributed by atoms with Crippen molar-refractivity contribution in [2.24, 2.45) is 5.73 Å². The average molecular weight is 310 g/mol. The number of hydrogen-bond acceptors (Lipinski definition) is 4. The molecule has 0 spiro atoms. The van der Waals surface area contributed by atoms with Crippen molar-refractivity contribution in [1.82, 2.24) is 4.72 Å². The second kappa shape index (κ2) is 6.26. The number of hydrogen-bond donors (Lipinski definition) is 3. The van der Waals surface area contributed by atoms with E-state index in [2.05, 4.69) is 16.6 Å². The quantitative estimate of drug-likeness (QED) is 0.674. The molecular formula is C14H18N2O4S. The fraction of sp³-hybridized carbons (Fsp3) is 0.357. The fourth-order valence-corrected chi connectivity index (χ4v) is 2.99. The van der Waals surface area contributed by atoms with E-state index in [0.29, 0.717) is 11.1 Å². The van der Waals surface area contributed by atoms with Crippen LogP contribution in [0, 0.1) is 18.8 Å². The molecule has 0 aliphatic rings. The smallest absolute Gasteiger partial charge is 0.241 e. The van der Waals surface area contributed by atoms with Crippen LogP contribution in [0.1, 0.15) is 25.0 Å². The molecular weight excluding hydrogens is 292 g/mol. The third-order valence-electron chi connectivity index (χ3n) is 2.82. The Balaban J connectivity index is 3.16. The molecule has 4 N–H and O–H groups in total. The van der Waals surface area contributed by atoms with Crippen molar-refractivity contribution in [3.8, 4) is 11.8 Å². The summed E-state index contributed by atoms with van der Waals surface area (Å²) < 4.78 is 26.7. The molecule has 0 saturated heterocycles. The third kappa shape index (κ3) is 4.29. The fourth-order valence-electron chi connectivity index (χ4n) is 1.52. The van der Waals surface area contributed by atoms with Gasteiger partial charge in [-0.2, -0.15) is 4.72 Å². The molecule has 0 aliphatic carbocycles. The van der Waals surface area contributed by atoms with Crippen LogP contribution in [0.3, 0.4) is 0 Å². The van der Waals surface area contributed by atoms with Gasteiger partial charge < -0.3 is 10.8 Å². The summed E-state index contributed by atoms with van der Waals surface area (Å²) in [6, 6.07) is 4.37. The van der Waals surface area contributed by atoms with Gasteiger partial charge in [-0.05, 0) is 44.5 Å². The maximum absolute atomic E-state index is 12.2. The molecule has 6 nitrogen and oxygen atoms in total. The third-order valence-corrected chi connectivity index (χ3v) is 4.47. The molecule has 0 saturated carbocycles. The summed E-state index contributed by atoms with van der Waals surface area (Å²) in [4.78, 5) is 11.2. The number of amides is 1. The Kier molecular flexibility index (Phi) is 5.12. The summed E-state index contributed by atoms with van der Waals surface area (Å²) in [6.07, 6.45) is 0. The van der Waals surface area contributed by atoms with Crippen LogP contribution in [-0.2, 0) is 14.8 Å². The number of aryl methyl sites for hydroxylation is 1. The minimum Gasteiger partial charge on any atom is -0.384 e. The lowest BCUT2D eigenvalue weighted by atomic mass is 10.1. The summed E-state index contributed by atoms with van der Waals surface area (Å²) in [6.45, 7) is 4.22. The van der Waals surface area contributed by atoms with Crippen LogP contribution in [0.5, 0.6) is 0 Å². The standard InChI is InChI=1S/C14H18N2O4S/c1-10-9-12(7-6-11(10)5-4-8-17)21(19,20)16-14(2,3)13(15)18/h6-7,9,16-17H,8H2,1-3H3,(H2,15,18). The highest BCUT2D eigenvalue weighted by atomic mass is 32.2. The van der Waals surface area contributed by atoms with Gasteiger partial charge in [-0.15, -0.1) is 0 Å². The van der Waals surface area contributed by atoms with Crippen LogP contribution >= 0.6 is 0 Å². The number of sulfonamides is 1. The summed E-state index contributed by atoms with van der Waals surface area (Å²) in [5.74, 6) is 4.44. The number of benzene rings is 1. The molecule has 114 valence electrons. The Morgan fingerprint density at radius 2 is 2.05 bits per heavy atom. The number of carbonyl (C=O) groups excluding carboxylic acids is 1. The first-order valence-corrected chi connectivity index (χ1v) is 7.63. The van der Waals surface area contributed by atoms with E-state index in [1.54, 1.807) is 13.0 Å². The van der Waals surface area contributed by atoms with Crippen molar-refractivity contribution in [3.05, 3.63) is 29.3 Å². The molecule has 0 atom stereocenters. The molecule has 21 heavy (non-hydrogen) atoms. The molecule has 1 aromatic carbocycles. The molecule has 0 aliphatic heterocycles. The minimum atomic E-state index is -3.87. The Morgan fingerprint density at radius 1 is 1.43 bits per heavy atom. The number of aliphatic hydroxyl groups excluding tert-OH is 1. The van der Waals surface area contributed by atoms with E-state index < -0.39 is 21.5 Å². The zero-order valence-corrected chi connectivity index (χ0v) is 12.9. The van der Waals surface area contributed by atoms with Crippen LogP contribution in [-0.4, -0.2) is 31.6 Å². The van der Waals surface area contributed by atoms with E-state index >= 15 is 0 Å². The minimum absolute atomic E-state index is 0.0175. The summed E-state index contributed by atoms with van der Waals surface area (Å²) in [5, 5.41) is 8.66. The Morgan fingerprint density at radius 3 is 2.52 bits per heavy atom. The van der Waals surface area contributed by atoms with Crippen molar-refractivity contribution in [2.75, 3.05) is 6.61 Å². The average Bonchev–Trinajstić information content (AvgIpc) is 2.35. The highest BCUT2D eigenvalue weighted by molar-refractivity contribution is 7.89. The SMILES string of the molecule is Cc1cc(S(=O)(=O)NC(C)(C)C(N)=O)ccc1C#CCO.